The first-order valence-corrected chi connectivity index (χ1v) is 6.74. The molecule has 17 heavy (non-hydrogen) atoms. The quantitative estimate of drug-likeness (QED) is 0.710. The number of hydrogen-bond donors (Lipinski definition) is 1. The molecule has 0 bridgehead atoms. The second-order valence-electron chi connectivity index (χ2n) is 5.61. The summed E-state index contributed by atoms with van der Waals surface area (Å²) in [4.78, 5) is 14.0. The van der Waals surface area contributed by atoms with E-state index in [1.807, 2.05) is 11.8 Å². The summed E-state index contributed by atoms with van der Waals surface area (Å²) < 4.78 is 5.59. The Morgan fingerprint density at radius 2 is 2.18 bits per heavy atom. The molecule has 2 fully saturated rings. The van der Waals surface area contributed by atoms with Crippen LogP contribution in [0.15, 0.2) is 0 Å². The molecule has 2 rings (SSSR count). The van der Waals surface area contributed by atoms with Gasteiger partial charge < -0.3 is 9.64 Å². The highest BCUT2D eigenvalue weighted by molar-refractivity contribution is 5.84. The topological polar surface area (TPSA) is 41.6 Å². The van der Waals surface area contributed by atoms with Crippen LogP contribution in [0, 0.1) is 11.8 Å². The zero-order chi connectivity index (χ0) is 12.4. The summed E-state index contributed by atoms with van der Waals surface area (Å²) in [5.41, 5.74) is 0. The fourth-order valence-corrected chi connectivity index (χ4v) is 2.27. The maximum atomic E-state index is 12.1. The molecule has 1 saturated carbocycles. The Bertz CT molecular complexity index is 277. The van der Waals surface area contributed by atoms with Crippen LogP contribution in [0.4, 0.5) is 0 Å². The van der Waals surface area contributed by atoms with Crippen molar-refractivity contribution in [3.8, 4) is 0 Å². The van der Waals surface area contributed by atoms with Crippen LogP contribution < -0.4 is 5.32 Å². The highest BCUT2D eigenvalue weighted by Crippen LogP contribution is 2.28. The van der Waals surface area contributed by atoms with Crippen molar-refractivity contribution in [2.45, 2.75) is 45.8 Å². The van der Waals surface area contributed by atoms with Gasteiger partial charge >= 0.3 is 0 Å². The lowest BCUT2D eigenvalue weighted by molar-refractivity contribution is -0.131. The Kier molecular flexibility index (Phi) is 4.05. The predicted molar refractivity (Wildman–Crippen MR) is 66.5 cm³/mol. The molecule has 2 unspecified atom stereocenters. The predicted octanol–water partition coefficient (Wildman–Crippen LogP) is 1.22. The molecular weight excluding hydrogens is 216 g/mol. The van der Waals surface area contributed by atoms with E-state index in [9.17, 15) is 4.79 Å². The summed E-state index contributed by atoms with van der Waals surface area (Å²) in [6, 6.07) is -0.0200. The zero-order valence-electron chi connectivity index (χ0n) is 11.1. The Morgan fingerprint density at radius 1 is 1.47 bits per heavy atom. The molecular formula is C13H24N2O2. The largest absolute Gasteiger partial charge is 0.379 e. The molecule has 98 valence electrons. The van der Waals surface area contributed by atoms with Crippen molar-refractivity contribution in [3.05, 3.63) is 0 Å². The van der Waals surface area contributed by atoms with Gasteiger partial charge in [0, 0.05) is 13.2 Å². The van der Waals surface area contributed by atoms with Crippen LogP contribution in [0.3, 0.4) is 0 Å². The van der Waals surface area contributed by atoms with Gasteiger partial charge in [-0.3, -0.25) is 10.1 Å². The number of amides is 1. The normalized spacial score (nSPS) is 29.4. The summed E-state index contributed by atoms with van der Waals surface area (Å²) in [6.45, 7) is 8.45. The minimum absolute atomic E-state index is 0.0200. The van der Waals surface area contributed by atoms with Gasteiger partial charge in [0.15, 0.2) is 0 Å². The Labute approximate surface area is 104 Å². The van der Waals surface area contributed by atoms with Gasteiger partial charge in [-0.25, -0.2) is 0 Å². The fourth-order valence-electron chi connectivity index (χ4n) is 2.27. The van der Waals surface area contributed by atoms with Crippen LogP contribution >= 0.6 is 0 Å². The van der Waals surface area contributed by atoms with Gasteiger partial charge in [0.2, 0.25) is 5.91 Å². The van der Waals surface area contributed by atoms with E-state index in [2.05, 4.69) is 19.2 Å². The Hall–Kier alpha value is -0.610. The molecule has 1 saturated heterocycles. The second-order valence-corrected chi connectivity index (χ2v) is 5.61. The summed E-state index contributed by atoms with van der Waals surface area (Å²) in [5.74, 6) is 1.37. The molecule has 0 aromatic rings. The molecule has 4 heteroatoms. The van der Waals surface area contributed by atoms with Gasteiger partial charge in [0.1, 0.15) is 0 Å². The van der Waals surface area contributed by atoms with E-state index in [0.29, 0.717) is 19.1 Å². The Balaban J connectivity index is 1.73. The number of hydrogen-bond acceptors (Lipinski definition) is 3. The highest BCUT2D eigenvalue weighted by Gasteiger charge is 2.37. The summed E-state index contributed by atoms with van der Waals surface area (Å²) in [7, 11) is 0. The lowest BCUT2D eigenvalue weighted by Gasteiger charge is -2.20. The number of carbonyl (C=O) groups excluding carboxylic acids is 1. The van der Waals surface area contributed by atoms with Crippen molar-refractivity contribution in [2.75, 3.05) is 19.8 Å². The van der Waals surface area contributed by atoms with E-state index < -0.39 is 0 Å². The van der Waals surface area contributed by atoms with Gasteiger partial charge in [-0.2, -0.15) is 0 Å². The van der Waals surface area contributed by atoms with Crippen molar-refractivity contribution in [1.29, 1.82) is 0 Å². The SMILES string of the molecule is CC(C)C1NC(C)N(CCOCC2CC2)C1=O. The third-order valence-corrected chi connectivity index (χ3v) is 3.63. The number of ether oxygens (including phenoxy) is 1. The van der Waals surface area contributed by atoms with Gasteiger partial charge in [0.25, 0.3) is 0 Å². The first kappa shape index (κ1) is 12.8. The van der Waals surface area contributed by atoms with Crippen LogP contribution in [0.1, 0.15) is 33.6 Å². The average molecular weight is 240 g/mol. The smallest absolute Gasteiger partial charge is 0.241 e. The minimum atomic E-state index is -0.0200. The van der Waals surface area contributed by atoms with Crippen molar-refractivity contribution < 1.29 is 9.53 Å². The molecule has 1 amide bonds. The summed E-state index contributed by atoms with van der Waals surface area (Å²) in [5, 5.41) is 3.34. The average Bonchev–Trinajstić information content (AvgIpc) is 3.04. The van der Waals surface area contributed by atoms with Crippen LogP contribution in [0.25, 0.3) is 0 Å². The molecule has 0 radical (unpaired) electrons. The first-order valence-electron chi connectivity index (χ1n) is 6.74. The number of nitrogens with zero attached hydrogens (tertiary/aromatic N) is 1. The minimum Gasteiger partial charge on any atom is -0.379 e. The molecule has 1 aliphatic carbocycles. The van der Waals surface area contributed by atoms with Gasteiger partial charge in [0.05, 0.1) is 18.8 Å². The van der Waals surface area contributed by atoms with Crippen molar-refractivity contribution in [1.82, 2.24) is 10.2 Å². The second kappa shape index (κ2) is 5.36. The van der Waals surface area contributed by atoms with E-state index in [4.69, 9.17) is 4.74 Å². The fraction of sp³-hybridized carbons (Fsp3) is 0.923. The summed E-state index contributed by atoms with van der Waals surface area (Å²) in [6.07, 6.45) is 2.77. The van der Waals surface area contributed by atoms with Crippen LogP contribution in [0.2, 0.25) is 0 Å². The summed E-state index contributed by atoms with van der Waals surface area (Å²) >= 11 is 0. The lowest BCUT2D eigenvalue weighted by Crippen LogP contribution is -2.37. The zero-order valence-corrected chi connectivity index (χ0v) is 11.1. The molecule has 1 aliphatic heterocycles. The van der Waals surface area contributed by atoms with Gasteiger partial charge in [-0.05, 0) is 31.6 Å². The van der Waals surface area contributed by atoms with E-state index in [-0.39, 0.29) is 18.1 Å². The molecule has 1 heterocycles. The number of nitrogens with one attached hydrogen (secondary N) is 1. The van der Waals surface area contributed by atoms with Crippen molar-refractivity contribution in [2.24, 2.45) is 11.8 Å². The molecule has 2 atom stereocenters. The first-order chi connectivity index (χ1) is 8.09. The van der Waals surface area contributed by atoms with Crippen LogP contribution in [-0.2, 0) is 9.53 Å². The van der Waals surface area contributed by atoms with E-state index in [1.54, 1.807) is 0 Å². The number of carbonyl (C=O) groups is 1. The van der Waals surface area contributed by atoms with Gasteiger partial charge in [-0.1, -0.05) is 13.8 Å². The maximum absolute atomic E-state index is 12.1. The molecule has 0 aromatic heterocycles. The highest BCUT2D eigenvalue weighted by atomic mass is 16.5. The Morgan fingerprint density at radius 3 is 2.71 bits per heavy atom. The van der Waals surface area contributed by atoms with E-state index in [0.717, 1.165) is 12.5 Å². The lowest BCUT2D eigenvalue weighted by atomic mass is 10.1. The van der Waals surface area contributed by atoms with Crippen molar-refractivity contribution >= 4 is 5.91 Å². The third kappa shape index (κ3) is 3.19. The molecule has 0 spiro atoms. The molecule has 1 N–H and O–H groups in total. The molecule has 4 nitrogen and oxygen atoms in total. The molecule has 0 aromatic carbocycles. The van der Waals surface area contributed by atoms with E-state index in [1.165, 1.54) is 12.8 Å². The standard InChI is InChI=1S/C13H24N2O2/c1-9(2)12-13(16)15(10(3)14-12)6-7-17-8-11-4-5-11/h9-12,14H,4-8H2,1-3H3. The molecule has 2 aliphatic rings. The van der Waals surface area contributed by atoms with E-state index >= 15 is 0 Å². The van der Waals surface area contributed by atoms with Crippen LogP contribution in [0.5, 0.6) is 0 Å². The van der Waals surface area contributed by atoms with Crippen molar-refractivity contribution in [3.63, 3.8) is 0 Å². The van der Waals surface area contributed by atoms with Gasteiger partial charge in [-0.15, -0.1) is 0 Å². The monoisotopic (exact) mass is 240 g/mol. The number of rotatable bonds is 6. The third-order valence-electron chi connectivity index (χ3n) is 3.63. The van der Waals surface area contributed by atoms with Crippen LogP contribution in [-0.4, -0.2) is 42.8 Å². The maximum Gasteiger partial charge on any atom is 0.241 e.